The van der Waals surface area contributed by atoms with Gasteiger partial charge in [-0.25, -0.2) is 4.98 Å². The van der Waals surface area contributed by atoms with Gasteiger partial charge < -0.3 is 4.74 Å². The van der Waals surface area contributed by atoms with Crippen LogP contribution >= 0.6 is 23.2 Å². The average molecular weight is 321 g/mol. The first-order valence-corrected chi connectivity index (χ1v) is 7.38. The third kappa shape index (κ3) is 2.47. The zero-order chi connectivity index (χ0) is 15.0. The van der Waals surface area contributed by atoms with Crippen molar-refractivity contribution in [2.75, 3.05) is 7.11 Å². The van der Waals surface area contributed by atoms with Gasteiger partial charge in [0.2, 0.25) is 0 Å². The lowest BCUT2D eigenvalue weighted by Crippen LogP contribution is -2.02. The Kier molecular flexibility index (Phi) is 3.79. The number of rotatable bonds is 3. The molecule has 0 bridgehead atoms. The van der Waals surface area contributed by atoms with Crippen molar-refractivity contribution in [2.45, 2.75) is 12.3 Å². The highest BCUT2D eigenvalue weighted by atomic mass is 35.5. The topological polar surface area (TPSA) is 27.1 Å². The second kappa shape index (κ2) is 5.58. The Labute approximate surface area is 133 Å². The SMILES string of the molecule is COc1ccc(-n2c(C(C)Cl)nc3cccc(Cl)c32)cc1. The Bertz CT molecular complexity index is 779. The van der Waals surface area contributed by atoms with Gasteiger partial charge in [0.15, 0.2) is 0 Å². The molecule has 21 heavy (non-hydrogen) atoms. The van der Waals surface area contributed by atoms with Crippen LogP contribution in [0.1, 0.15) is 18.1 Å². The third-order valence-electron chi connectivity index (χ3n) is 3.34. The number of imidazole rings is 1. The molecule has 3 aromatic rings. The highest BCUT2D eigenvalue weighted by Gasteiger charge is 2.18. The van der Waals surface area contributed by atoms with E-state index >= 15 is 0 Å². The van der Waals surface area contributed by atoms with E-state index in [-0.39, 0.29) is 5.38 Å². The molecule has 0 radical (unpaired) electrons. The lowest BCUT2D eigenvalue weighted by Gasteiger charge is -2.12. The van der Waals surface area contributed by atoms with E-state index in [1.807, 2.05) is 54.0 Å². The zero-order valence-electron chi connectivity index (χ0n) is 11.7. The van der Waals surface area contributed by atoms with Crippen molar-refractivity contribution in [1.82, 2.24) is 9.55 Å². The van der Waals surface area contributed by atoms with E-state index in [0.29, 0.717) is 5.02 Å². The van der Waals surface area contributed by atoms with Crippen molar-refractivity contribution < 1.29 is 4.74 Å². The van der Waals surface area contributed by atoms with Gasteiger partial charge >= 0.3 is 0 Å². The molecule has 0 aliphatic carbocycles. The van der Waals surface area contributed by atoms with Gasteiger partial charge in [0.25, 0.3) is 0 Å². The van der Waals surface area contributed by atoms with Crippen LogP contribution in [-0.2, 0) is 0 Å². The van der Waals surface area contributed by atoms with Crippen LogP contribution in [0.5, 0.6) is 5.75 Å². The minimum atomic E-state index is -0.226. The van der Waals surface area contributed by atoms with E-state index < -0.39 is 0 Å². The summed E-state index contributed by atoms with van der Waals surface area (Å²) < 4.78 is 7.19. The molecular formula is C16H14Cl2N2O. The normalized spacial score (nSPS) is 12.6. The Balaban J connectivity index is 2.30. The van der Waals surface area contributed by atoms with Gasteiger partial charge in [-0.15, -0.1) is 11.6 Å². The molecule has 0 aliphatic heterocycles. The maximum absolute atomic E-state index is 6.36. The van der Waals surface area contributed by atoms with Crippen molar-refractivity contribution in [3.63, 3.8) is 0 Å². The van der Waals surface area contributed by atoms with Crippen molar-refractivity contribution >= 4 is 34.2 Å². The van der Waals surface area contributed by atoms with Crippen LogP contribution in [0.3, 0.4) is 0 Å². The quantitative estimate of drug-likeness (QED) is 0.636. The van der Waals surface area contributed by atoms with E-state index in [1.165, 1.54) is 0 Å². The van der Waals surface area contributed by atoms with Gasteiger partial charge in [0.05, 0.1) is 28.5 Å². The van der Waals surface area contributed by atoms with E-state index in [9.17, 15) is 0 Å². The first kappa shape index (κ1) is 14.2. The summed E-state index contributed by atoms with van der Waals surface area (Å²) in [5, 5.41) is 0.426. The summed E-state index contributed by atoms with van der Waals surface area (Å²) in [6.07, 6.45) is 0. The summed E-state index contributed by atoms with van der Waals surface area (Å²) in [7, 11) is 1.64. The molecule has 0 fully saturated rings. The number of halogens is 2. The monoisotopic (exact) mass is 320 g/mol. The molecule has 1 atom stereocenters. The van der Waals surface area contributed by atoms with Crippen molar-refractivity contribution in [2.24, 2.45) is 0 Å². The molecule has 0 spiro atoms. The number of hydrogen-bond donors (Lipinski definition) is 0. The molecule has 0 saturated carbocycles. The minimum Gasteiger partial charge on any atom is -0.497 e. The molecule has 108 valence electrons. The van der Waals surface area contributed by atoms with Gasteiger partial charge in [-0.05, 0) is 43.3 Å². The number of nitrogens with zero attached hydrogens (tertiary/aromatic N) is 2. The summed E-state index contributed by atoms with van der Waals surface area (Å²) in [4.78, 5) is 4.61. The maximum atomic E-state index is 6.36. The van der Waals surface area contributed by atoms with Crippen LogP contribution < -0.4 is 4.74 Å². The predicted molar refractivity (Wildman–Crippen MR) is 86.9 cm³/mol. The smallest absolute Gasteiger partial charge is 0.132 e. The predicted octanol–water partition coefficient (Wildman–Crippen LogP) is 4.99. The molecule has 5 heteroatoms. The molecule has 1 unspecified atom stereocenters. The van der Waals surface area contributed by atoms with Crippen LogP contribution in [0.15, 0.2) is 42.5 Å². The molecule has 1 heterocycles. The maximum Gasteiger partial charge on any atom is 0.132 e. The molecule has 0 N–H and O–H groups in total. The summed E-state index contributed by atoms with van der Waals surface area (Å²) in [5.41, 5.74) is 2.65. The fourth-order valence-corrected chi connectivity index (χ4v) is 2.76. The number of ether oxygens (including phenoxy) is 1. The van der Waals surface area contributed by atoms with Crippen LogP contribution in [0.25, 0.3) is 16.7 Å². The molecule has 0 aliphatic rings. The van der Waals surface area contributed by atoms with Gasteiger partial charge in [-0.1, -0.05) is 17.7 Å². The van der Waals surface area contributed by atoms with Gasteiger partial charge in [0.1, 0.15) is 11.6 Å². The lowest BCUT2D eigenvalue weighted by atomic mass is 10.2. The fourth-order valence-electron chi connectivity index (χ4n) is 2.36. The summed E-state index contributed by atoms with van der Waals surface area (Å²) >= 11 is 12.6. The van der Waals surface area contributed by atoms with Gasteiger partial charge in [-0.3, -0.25) is 4.57 Å². The largest absolute Gasteiger partial charge is 0.497 e. The van der Waals surface area contributed by atoms with E-state index in [4.69, 9.17) is 27.9 Å². The van der Waals surface area contributed by atoms with Crippen LogP contribution in [-0.4, -0.2) is 16.7 Å². The summed E-state index contributed by atoms with van der Waals surface area (Å²) in [6.45, 7) is 1.90. The summed E-state index contributed by atoms with van der Waals surface area (Å²) in [6, 6.07) is 13.4. The number of para-hydroxylation sites is 1. The molecule has 0 saturated heterocycles. The van der Waals surface area contributed by atoms with Crippen molar-refractivity contribution in [3.8, 4) is 11.4 Å². The summed E-state index contributed by atoms with van der Waals surface area (Å²) in [5.74, 6) is 1.57. The molecular weight excluding hydrogens is 307 g/mol. The van der Waals surface area contributed by atoms with Crippen LogP contribution in [0, 0.1) is 0 Å². The average Bonchev–Trinajstić information content (AvgIpc) is 2.88. The molecule has 3 rings (SSSR count). The standard InChI is InChI=1S/C16H14Cl2N2O/c1-10(17)16-19-14-5-3-4-13(18)15(14)20(16)11-6-8-12(21-2)9-7-11/h3-10H,1-2H3. The highest BCUT2D eigenvalue weighted by Crippen LogP contribution is 2.32. The number of alkyl halides is 1. The molecule has 0 amide bonds. The Morgan fingerprint density at radius 3 is 2.48 bits per heavy atom. The minimum absolute atomic E-state index is 0.226. The Morgan fingerprint density at radius 2 is 1.86 bits per heavy atom. The molecule has 2 aromatic carbocycles. The number of aromatic nitrogens is 2. The number of fused-ring (bicyclic) bond motifs is 1. The second-order valence-corrected chi connectivity index (χ2v) is 5.79. The highest BCUT2D eigenvalue weighted by molar-refractivity contribution is 6.35. The van der Waals surface area contributed by atoms with E-state index in [0.717, 1.165) is 28.3 Å². The molecule has 1 aromatic heterocycles. The second-order valence-electron chi connectivity index (χ2n) is 4.73. The fraction of sp³-hybridized carbons (Fsp3) is 0.188. The van der Waals surface area contributed by atoms with Crippen molar-refractivity contribution in [3.05, 3.63) is 53.3 Å². The number of hydrogen-bond acceptors (Lipinski definition) is 2. The van der Waals surface area contributed by atoms with Gasteiger partial charge in [-0.2, -0.15) is 0 Å². The zero-order valence-corrected chi connectivity index (χ0v) is 13.2. The van der Waals surface area contributed by atoms with Crippen LogP contribution in [0.2, 0.25) is 5.02 Å². The van der Waals surface area contributed by atoms with Crippen LogP contribution in [0.4, 0.5) is 0 Å². The van der Waals surface area contributed by atoms with Crippen molar-refractivity contribution in [1.29, 1.82) is 0 Å². The lowest BCUT2D eigenvalue weighted by molar-refractivity contribution is 0.414. The number of benzene rings is 2. The first-order chi connectivity index (χ1) is 10.1. The Morgan fingerprint density at radius 1 is 1.14 bits per heavy atom. The number of methoxy groups -OCH3 is 1. The van der Waals surface area contributed by atoms with E-state index in [1.54, 1.807) is 7.11 Å². The first-order valence-electron chi connectivity index (χ1n) is 6.57. The third-order valence-corrected chi connectivity index (χ3v) is 3.84. The Hall–Kier alpha value is -1.71. The van der Waals surface area contributed by atoms with E-state index in [2.05, 4.69) is 4.98 Å². The van der Waals surface area contributed by atoms with Gasteiger partial charge in [0, 0.05) is 5.69 Å². The molecule has 3 nitrogen and oxygen atoms in total.